The number of hydrogen-bond donors (Lipinski definition) is 2. The lowest BCUT2D eigenvalue weighted by molar-refractivity contribution is -0.126. The molecule has 1 aromatic heterocycles. The molecule has 0 aliphatic carbocycles. The molecule has 2 N–H and O–H groups in total. The van der Waals surface area contributed by atoms with Crippen LogP contribution in [0.2, 0.25) is 0 Å². The Morgan fingerprint density at radius 2 is 1.97 bits per heavy atom. The molecule has 3 rings (SSSR count). The van der Waals surface area contributed by atoms with Gasteiger partial charge in [0.05, 0.1) is 17.6 Å². The summed E-state index contributed by atoms with van der Waals surface area (Å²) in [6.07, 6.45) is 1.27. The summed E-state index contributed by atoms with van der Waals surface area (Å²) >= 11 is 0. The molecule has 0 unspecified atom stereocenters. The van der Waals surface area contributed by atoms with E-state index in [-0.39, 0.29) is 23.8 Å². The Kier molecular flexibility index (Phi) is 7.38. The van der Waals surface area contributed by atoms with Crippen LogP contribution in [0.25, 0.3) is 0 Å². The number of piperidine rings is 1. The third-order valence-corrected chi connectivity index (χ3v) is 5.83. The molecule has 1 aliphatic heterocycles. The molecule has 0 saturated carbocycles. The molecule has 1 aliphatic rings. The number of rotatable bonds is 6. The van der Waals surface area contributed by atoms with Gasteiger partial charge in [-0.1, -0.05) is 29.8 Å². The van der Waals surface area contributed by atoms with Gasteiger partial charge in [-0.25, -0.2) is 4.79 Å². The van der Waals surface area contributed by atoms with Crippen LogP contribution in [0, 0.1) is 26.7 Å². The van der Waals surface area contributed by atoms with Crippen LogP contribution in [0.1, 0.15) is 69.9 Å². The molecule has 2 aromatic rings. The fourth-order valence-electron chi connectivity index (χ4n) is 4.23. The van der Waals surface area contributed by atoms with E-state index in [0.29, 0.717) is 42.1 Å². The van der Waals surface area contributed by atoms with Crippen molar-refractivity contribution in [3.05, 3.63) is 57.9 Å². The molecular formula is C25H33N3O4. The zero-order chi connectivity index (χ0) is 23.4. The Balaban J connectivity index is 1.66. The number of aryl methyl sites for hydroxylation is 2. The van der Waals surface area contributed by atoms with Crippen molar-refractivity contribution in [2.75, 3.05) is 13.1 Å². The standard InChI is InChI=1S/C25H33N3O4/c1-15(2)32-25(31)21-17(4)22(27-18(21)5)24(30)28-11-7-10-20(14-28)23(29)26-13-19-9-6-8-16(3)12-19/h6,8-9,12,15,20,27H,7,10-11,13-14H2,1-5H3,(H,26,29)/t20-/m1/s1. The van der Waals surface area contributed by atoms with E-state index in [4.69, 9.17) is 4.74 Å². The lowest BCUT2D eigenvalue weighted by Gasteiger charge is -2.32. The van der Waals surface area contributed by atoms with E-state index in [9.17, 15) is 14.4 Å². The summed E-state index contributed by atoms with van der Waals surface area (Å²) in [7, 11) is 0. The summed E-state index contributed by atoms with van der Waals surface area (Å²) in [5, 5.41) is 3.01. The first-order valence-corrected chi connectivity index (χ1v) is 11.2. The molecule has 2 heterocycles. The van der Waals surface area contributed by atoms with Crippen molar-refractivity contribution in [2.45, 2.75) is 60.1 Å². The molecule has 172 valence electrons. The van der Waals surface area contributed by atoms with Crippen LogP contribution in [-0.2, 0) is 16.1 Å². The number of esters is 1. The number of likely N-dealkylation sites (tertiary alicyclic amines) is 1. The zero-order valence-corrected chi connectivity index (χ0v) is 19.6. The van der Waals surface area contributed by atoms with E-state index in [2.05, 4.69) is 16.4 Å². The molecule has 2 amide bonds. The number of nitrogens with one attached hydrogen (secondary N) is 2. The number of H-pyrrole nitrogens is 1. The minimum Gasteiger partial charge on any atom is -0.459 e. The van der Waals surface area contributed by atoms with Gasteiger partial charge in [0.25, 0.3) is 5.91 Å². The van der Waals surface area contributed by atoms with Crippen LogP contribution in [0.5, 0.6) is 0 Å². The fourth-order valence-corrected chi connectivity index (χ4v) is 4.23. The van der Waals surface area contributed by atoms with E-state index in [1.165, 1.54) is 0 Å². The van der Waals surface area contributed by atoms with Crippen LogP contribution < -0.4 is 5.32 Å². The van der Waals surface area contributed by atoms with Gasteiger partial charge in [0, 0.05) is 25.3 Å². The average molecular weight is 440 g/mol. The number of amides is 2. The molecule has 32 heavy (non-hydrogen) atoms. The monoisotopic (exact) mass is 439 g/mol. The van der Waals surface area contributed by atoms with Gasteiger partial charge in [-0.3, -0.25) is 9.59 Å². The third-order valence-electron chi connectivity index (χ3n) is 5.83. The first-order valence-electron chi connectivity index (χ1n) is 11.2. The quantitative estimate of drug-likeness (QED) is 0.672. The molecule has 1 atom stereocenters. The van der Waals surface area contributed by atoms with Crippen molar-refractivity contribution in [1.82, 2.24) is 15.2 Å². The summed E-state index contributed by atoms with van der Waals surface area (Å²) in [5.41, 5.74) is 4.20. The van der Waals surface area contributed by atoms with Crippen molar-refractivity contribution in [3.63, 3.8) is 0 Å². The van der Waals surface area contributed by atoms with Crippen LogP contribution in [-0.4, -0.2) is 46.9 Å². The number of ether oxygens (including phenoxy) is 1. The second-order valence-electron chi connectivity index (χ2n) is 8.88. The minimum atomic E-state index is -0.433. The van der Waals surface area contributed by atoms with Crippen molar-refractivity contribution < 1.29 is 19.1 Å². The number of nitrogens with zero attached hydrogens (tertiary/aromatic N) is 1. The summed E-state index contributed by atoms with van der Waals surface area (Å²) in [6, 6.07) is 8.04. The molecule has 1 aromatic carbocycles. The second kappa shape index (κ2) is 10.0. The van der Waals surface area contributed by atoms with Crippen molar-refractivity contribution in [3.8, 4) is 0 Å². The minimum absolute atomic E-state index is 0.0374. The summed E-state index contributed by atoms with van der Waals surface area (Å²) < 4.78 is 5.32. The van der Waals surface area contributed by atoms with Crippen molar-refractivity contribution >= 4 is 17.8 Å². The molecule has 7 nitrogen and oxygen atoms in total. The number of carbonyl (C=O) groups is 3. The van der Waals surface area contributed by atoms with Gasteiger partial charge in [0.15, 0.2) is 0 Å². The maximum atomic E-state index is 13.2. The zero-order valence-electron chi connectivity index (χ0n) is 19.6. The van der Waals surface area contributed by atoms with Gasteiger partial charge in [-0.15, -0.1) is 0 Å². The Morgan fingerprint density at radius 3 is 2.66 bits per heavy atom. The molecule has 0 radical (unpaired) electrons. The summed E-state index contributed by atoms with van der Waals surface area (Å²) in [4.78, 5) is 43.2. The second-order valence-corrected chi connectivity index (χ2v) is 8.88. The predicted octanol–water partition coefficient (Wildman–Crippen LogP) is 3.67. The van der Waals surface area contributed by atoms with E-state index < -0.39 is 5.97 Å². The van der Waals surface area contributed by atoms with Gasteiger partial charge in [0.1, 0.15) is 5.69 Å². The summed E-state index contributed by atoms with van der Waals surface area (Å²) in [6.45, 7) is 10.5. The van der Waals surface area contributed by atoms with Crippen LogP contribution in [0.4, 0.5) is 0 Å². The van der Waals surface area contributed by atoms with Gasteiger partial charge in [-0.2, -0.15) is 0 Å². The maximum absolute atomic E-state index is 13.2. The van der Waals surface area contributed by atoms with Crippen LogP contribution >= 0.6 is 0 Å². The van der Waals surface area contributed by atoms with Crippen LogP contribution in [0.3, 0.4) is 0 Å². The predicted molar refractivity (Wildman–Crippen MR) is 122 cm³/mol. The Hall–Kier alpha value is -3.09. The lowest BCUT2D eigenvalue weighted by atomic mass is 9.96. The number of aromatic amines is 1. The summed E-state index contributed by atoms with van der Waals surface area (Å²) in [5.74, 6) is -0.911. The smallest absolute Gasteiger partial charge is 0.340 e. The average Bonchev–Trinajstić information content (AvgIpc) is 3.05. The molecule has 1 fully saturated rings. The highest BCUT2D eigenvalue weighted by Crippen LogP contribution is 2.24. The van der Waals surface area contributed by atoms with E-state index in [1.54, 1.807) is 32.6 Å². The maximum Gasteiger partial charge on any atom is 0.340 e. The van der Waals surface area contributed by atoms with Gasteiger partial charge in [0.2, 0.25) is 5.91 Å². The largest absolute Gasteiger partial charge is 0.459 e. The van der Waals surface area contributed by atoms with E-state index >= 15 is 0 Å². The Labute approximate surface area is 189 Å². The van der Waals surface area contributed by atoms with Gasteiger partial charge in [-0.05, 0) is 58.6 Å². The Morgan fingerprint density at radius 1 is 1.22 bits per heavy atom. The molecular weight excluding hydrogens is 406 g/mol. The molecule has 0 spiro atoms. The normalized spacial score (nSPS) is 16.2. The number of aromatic nitrogens is 1. The third kappa shape index (κ3) is 5.39. The van der Waals surface area contributed by atoms with E-state index in [0.717, 1.165) is 24.0 Å². The molecule has 7 heteroatoms. The number of benzene rings is 1. The molecule has 1 saturated heterocycles. The number of carbonyl (C=O) groups excluding carboxylic acids is 3. The van der Waals surface area contributed by atoms with Crippen LogP contribution in [0.15, 0.2) is 24.3 Å². The van der Waals surface area contributed by atoms with Crippen molar-refractivity contribution in [2.24, 2.45) is 5.92 Å². The first kappa shape index (κ1) is 23.6. The van der Waals surface area contributed by atoms with Gasteiger partial charge < -0.3 is 19.9 Å². The Bertz CT molecular complexity index is 1010. The van der Waals surface area contributed by atoms with Crippen molar-refractivity contribution in [1.29, 1.82) is 0 Å². The topological polar surface area (TPSA) is 91.5 Å². The highest BCUT2D eigenvalue weighted by molar-refractivity contribution is 6.00. The lowest BCUT2D eigenvalue weighted by Crippen LogP contribution is -2.45. The highest BCUT2D eigenvalue weighted by atomic mass is 16.5. The van der Waals surface area contributed by atoms with Gasteiger partial charge >= 0.3 is 5.97 Å². The SMILES string of the molecule is Cc1cccc(CNC(=O)[C@@H]2CCCN(C(=O)c3[nH]c(C)c(C(=O)OC(C)C)c3C)C2)c1. The first-order chi connectivity index (χ1) is 15.2. The van der Waals surface area contributed by atoms with E-state index in [1.807, 2.05) is 25.1 Å². The fraction of sp³-hybridized carbons (Fsp3) is 0.480. The highest BCUT2D eigenvalue weighted by Gasteiger charge is 2.32. The number of hydrogen-bond acceptors (Lipinski definition) is 4. The molecule has 0 bridgehead atoms.